The molecule has 0 bridgehead atoms. The average Bonchev–Trinajstić information content (AvgIpc) is 3.01. The molecule has 1 N–H and O–H groups in total. The largest absolute Gasteiger partial charge is 0.465 e. The quantitative estimate of drug-likeness (QED) is 0.423. The van der Waals surface area contributed by atoms with Crippen molar-refractivity contribution < 1.29 is 14.3 Å². The number of nitrogens with one attached hydrogen (secondary N) is 1. The number of fused-ring (bicyclic) bond motifs is 1. The maximum Gasteiger partial charge on any atom is 0.337 e. The molecule has 1 amide bonds. The summed E-state index contributed by atoms with van der Waals surface area (Å²) < 4.78 is 6.32. The van der Waals surface area contributed by atoms with Crippen molar-refractivity contribution >= 4 is 40.4 Å². The molecular weight excluding hydrogens is 342 g/mol. The van der Waals surface area contributed by atoms with Crippen molar-refractivity contribution in [2.24, 2.45) is 7.05 Å². The van der Waals surface area contributed by atoms with Crippen LogP contribution in [0, 0.1) is 0 Å². The highest BCUT2D eigenvalue weighted by Gasteiger charge is 2.12. The summed E-state index contributed by atoms with van der Waals surface area (Å²) in [6.45, 7) is 0. The molecule has 2 heterocycles. The number of amides is 1. The van der Waals surface area contributed by atoms with Gasteiger partial charge in [-0.3, -0.25) is 9.48 Å². The van der Waals surface area contributed by atoms with Crippen molar-refractivity contribution in [2.75, 3.05) is 18.2 Å². The Hall–Kier alpha value is -2.94. The molecule has 0 saturated carbocycles. The minimum atomic E-state index is -0.453. The minimum absolute atomic E-state index is 0.170. The predicted octanol–water partition coefficient (Wildman–Crippen LogP) is 1.88. The van der Waals surface area contributed by atoms with Crippen LogP contribution in [0.25, 0.3) is 11.0 Å². The van der Waals surface area contributed by atoms with Gasteiger partial charge in [-0.2, -0.15) is 5.10 Å². The fourth-order valence-electron chi connectivity index (χ4n) is 2.23. The van der Waals surface area contributed by atoms with E-state index in [2.05, 4.69) is 25.1 Å². The number of rotatable bonds is 5. The van der Waals surface area contributed by atoms with Crippen LogP contribution in [0.1, 0.15) is 10.4 Å². The summed E-state index contributed by atoms with van der Waals surface area (Å²) in [6, 6.07) is 6.58. The smallest absolute Gasteiger partial charge is 0.337 e. The van der Waals surface area contributed by atoms with Crippen LogP contribution in [0.5, 0.6) is 0 Å². The molecule has 0 aliphatic heterocycles. The molecule has 3 rings (SSSR count). The maximum atomic E-state index is 12.2. The molecule has 0 unspecified atom stereocenters. The molecule has 3 aromatic rings. The number of carbonyl (C=O) groups excluding carboxylic acids is 2. The van der Waals surface area contributed by atoms with E-state index in [1.54, 1.807) is 42.2 Å². The molecule has 2 aromatic heterocycles. The van der Waals surface area contributed by atoms with Gasteiger partial charge < -0.3 is 10.1 Å². The molecule has 0 saturated heterocycles. The van der Waals surface area contributed by atoms with E-state index >= 15 is 0 Å². The van der Waals surface area contributed by atoms with Gasteiger partial charge in [0.05, 0.1) is 30.0 Å². The zero-order valence-electron chi connectivity index (χ0n) is 13.6. The SMILES string of the molecule is COC(=O)c1cccc(NC(=O)CSc2ncnc3c2cnn3C)c1. The third-order valence-electron chi connectivity index (χ3n) is 3.40. The number of esters is 1. The highest BCUT2D eigenvalue weighted by Crippen LogP contribution is 2.24. The number of thioether (sulfide) groups is 1. The second-order valence-electron chi connectivity index (χ2n) is 5.09. The number of methoxy groups -OCH3 is 1. The summed E-state index contributed by atoms with van der Waals surface area (Å²) in [6.07, 6.45) is 3.12. The number of carbonyl (C=O) groups is 2. The zero-order valence-corrected chi connectivity index (χ0v) is 14.4. The number of nitrogens with zero attached hydrogens (tertiary/aromatic N) is 4. The van der Waals surface area contributed by atoms with E-state index in [9.17, 15) is 9.59 Å². The first-order valence-electron chi connectivity index (χ1n) is 7.32. The normalized spacial score (nSPS) is 10.6. The number of anilines is 1. The lowest BCUT2D eigenvalue weighted by atomic mass is 10.2. The lowest BCUT2D eigenvalue weighted by Crippen LogP contribution is -2.14. The van der Waals surface area contributed by atoms with Crippen molar-refractivity contribution in [3.8, 4) is 0 Å². The first-order chi connectivity index (χ1) is 12.1. The van der Waals surface area contributed by atoms with Gasteiger partial charge in [0.1, 0.15) is 11.4 Å². The van der Waals surface area contributed by atoms with Gasteiger partial charge in [-0.15, -0.1) is 0 Å². The number of ether oxygens (including phenoxy) is 1. The molecule has 0 spiro atoms. The molecule has 9 heteroatoms. The molecule has 25 heavy (non-hydrogen) atoms. The second-order valence-corrected chi connectivity index (χ2v) is 6.06. The third kappa shape index (κ3) is 3.77. The molecule has 0 aliphatic rings. The van der Waals surface area contributed by atoms with E-state index in [1.807, 2.05) is 0 Å². The van der Waals surface area contributed by atoms with E-state index in [0.717, 1.165) is 5.39 Å². The highest BCUT2D eigenvalue weighted by atomic mass is 32.2. The van der Waals surface area contributed by atoms with Gasteiger partial charge in [-0.05, 0) is 18.2 Å². The number of aromatic nitrogens is 4. The number of aryl methyl sites for hydroxylation is 1. The summed E-state index contributed by atoms with van der Waals surface area (Å²) in [5, 5.41) is 8.39. The lowest BCUT2D eigenvalue weighted by molar-refractivity contribution is -0.113. The van der Waals surface area contributed by atoms with E-state index < -0.39 is 5.97 Å². The number of benzene rings is 1. The summed E-state index contributed by atoms with van der Waals surface area (Å²) in [4.78, 5) is 32.1. The lowest BCUT2D eigenvalue weighted by Gasteiger charge is -2.07. The second kappa shape index (κ2) is 7.31. The Balaban J connectivity index is 1.66. The van der Waals surface area contributed by atoms with Crippen LogP contribution in [0.2, 0.25) is 0 Å². The predicted molar refractivity (Wildman–Crippen MR) is 93.4 cm³/mol. The van der Waals surface area contributed by atoms with E-state index in [0.29, 0.717) is 21.9 Å². The van der Waals surface area contributed by atoms with Crippen molar-refractivity contribution in [3.63, 3.8) is 0 Å². The minimum Gasteiger partial charge on any atom is -0.465 e. The highest BCUT2D eigenvalue weighted by molar-refractivity contribution is 8.00. The topological polar surface area (TPSA) is 99.0 Å². The van der Waals surface area contributed by atoms with Gasteiger partial charge in [0.25, 0.3) is 0 Å². The monoisotopic (exact) mass is 357 g/mol. The van der Waals surface area contributed by atoms with Crippen molar-refractivity contribution in [1.82, 2.24) is 19.7 Å². The van der Waals surface area contributed by atoms with Crippen LogP contribution in [-0.4, -0.2) is 44.5 Å². The Labute approximate surface area is 147 Å². The van der Waals surface area contributed by atoms with Gasteiger partial charge in [0, 0.05) is 12.7 Å². The molecule has 8 nitrogen and oxygen atoms in total. The van der Waals surface area contributed by atoms with E-state index in [1.165, 1.54) is 25.2 Å². The average molecular weight is 357 g/mol. The summed E-state index contributed by atoms with van der Waals surface area (Å²) in [5.74, 6) is -0.489. The first kappa shape index (κ1) is 16.9. The van der Waals surface area contributed by atoms with Crippen LogP contribution in [0.4, 0.5) is 5.69 Å². The van der Waals surface area contributed by atoms with Crippen LogP contribution < -0.4 is 5.32 Å². The zero-order chi connectivity index (χ0) is 17.8. The van der Waals surface area contributed by atoms with Gasteiger partial charge in [-0.25, -0.2) is 14.8 Å². The van der Waals surface area contributed by atoms with Crippen LogP contribution >= 0.6 is 11.8 Å². The molecule has 0 radical (unpaired) electrons. The number of hydrogen-bond acceptors (Lipinski definition) is 7. The Morgan fingerprint density at radius 3 is 2.96 bits per heavy atom. The van der Waals surface area contributed by atoms with Crippen molar-refractivity contribution in [2.45, 2.75) is 5.03 Å². The Kier molecular flexibility index (Phi) is 4.94. The molecule has 128 valence electrons. The Morgan fingerprint density at radius 2 is 2.16 bits per heavy atom. The van der Waals surface area contributed by atoms with Gasteiger partial charge >= 0.3 is 5.97 Å². The Morgan fingerprint density at radius 1 is 1.32 bits per heavy atom. The van der Waals surface area contributed by atoms with Gasteiger partial charge in [0.2, 0.25) is 5.91 Å². The fourth-order valence-corrected chi connectivity index (χ4v) is 2.99. The molecule has 0 aliphatic carbocycles. The third-order valence-corrected chi connectivity index (χ3v) is 4.41. The Bertz CT molecular complexity index is 940. The van der Waals surface area contributed by atoms with Crippen LogP contribution in [-0.2, 0) is 16.6 Å². The van der Waals surface area contributed by atoms with Gasteiger partial charge in [0.15, 0.2) is 5.65 Å². The molecule has 1 aromatic carbocycles. The summed E-state index contributed by atoms with van der Waals surface area (Å²) in [7, 11) is 3.11. The molecular formula is C16H15N5O3S. The van der Waals surface area contributed by atoms with Crippen LogP contribution in [0.15, 0.2) is 41.8 Å². The van der Waals surface area contributed by atoms with Crippen LogP contribution in [0.3, 0.4) is 0 Å². The summed E-state index contributed by atoms with van der Waals surface area (Å²) >= 11 is 1.30. The molecule has 0 fully saturated rings. The van der Waals surface area contributed by atoms with E-state index in [-0.39, 0.29) is 11.7 Å². The maximum absolute atomic E-state index is 12.2. The molecule has 0 atom stereocenters. The summed E-state index contributed by atoms with van der Waals surface area (Å²) in [5.41, 5.74) is 1.62. The van der Waals surface area contributed by atoms with Crippen molar-refractivity contribution in [1.29, 1.82) is 0 Å². The van der Waals surface area contributed by atoms with Crippen molar-refractivity contribution in [3.05, 3.63) is 42.4 Å². The standard InChI is InChI=1S/C16H15N5O3S/c1-21-14-12(7-19-21)15(18-9-17-14)25-8-13(22)20-11-5-3-4-10(6-11)16(23)24-2/h3-7,9H,8H2,1-2H3,(H,20,22). The number of hydrogen-bond donors (Lipinski definition) is 1. The van der Waals surface area contributed by atoms with E-state index in [4.69, 9.17) is 0 Å². The van der Waals surface area contributed by atoms with Gasteiger partial charge in [-0.1, -0.05) is 17.8 Å². The fraction of sp³-hybridized carbons (Fsp3) is 0.188. The first-order valence-corrected chi connectivity index (χ1v) is 8.31.